The standard InChI is InChI=1S/C13H17NO3S/c15-13-9-18(16,17)8-12(13)14-6-5-10-3-1-2-4-11(10)7-14/h1-4,12-13,15H,5-9H2/t12-,13-/m1/s1. The Kier molecular flexibility index (Phi) is 2.92. The van der Waals surface area contributed by atoms with Gasteiger partial charge in [-0.3, -0.25) is 4.90 Å². The summed E-state index contributed by atoms with van der Waals surface area (Å²) in [5.74, 6) is 0.00610. The van der Waals surface area contributed by atoms with Crippen LogP contribution < -0.4 is 0 Å². The molecule has 98 valence electrons. The van der Waals surface area contributed by atoms with E-state index in [4.69, 9.17) is 0 Å². The number of sulfone groups is 1. The molecular formula is C13H17NO3S. The number of fused-ring (bicyclic) bond motifs is 1. The van der Waals surface area contributed by atoms with E-state index in [1.54, 1.807) is 0 Å². The van der Waals surface area contributed by atoms with Gasteiger partial charge in [0.05, 0.1) is 23.7 Å². The molecule has 1 fully saturated rings. The Hall–Kier alpha value is -0.910. The molecule has 2 aliphatic rings. The van der Waals surface area contributed by atoms with Crippen molar-refractivity contribution in [3.05, 3.63) is 35.4 Å². The molecule has 2 aliphatic heterocycles. The van der Waals surface area contributed by atoms with E-state index in [1.807, 2.05) is 12.1 Å². The minimum Gasteiger partial charge on any atom is -0.390 e. The van der Waals surface area contributed by atoms with Crippen LogP contribution in [0.15, 0.2) is 24.3 Å². The Morgan fingerprint density at radius 2 is 1.89 bits per heavy atom. The predicted octanol–water partition coefficient (Wildman–Crippen LogP) is 0.203. The zero-order valence-corrected chi connectivity index (χ0v) is 10.9. The molecule has 0 aromatic heterocycles. The summed E-state index contributed by atoms with van der Waals surface area (Å²) >= 11 is 0. The molecule has 1 saturated heterocycles. The van der Waals surface area contributed by atoms with Crippen molar-refractivity contribution in [1.82, 2.24) is 4.90 Å². The largest absolute Gasteiger partial charge is 0.390 e. The van der Waals surface area contributed by atoms with Crippen molar-refractivity contribution in [2.24, 2.45) is 0 Å². The smallest absolute Gasteiger partial charge is 0.154 e. The van der Waals surface area contributed by atoms with Crippen LogP contribution >= 0.6 is 0 Å². The lowest BCUT2D eigenvalue weighted by Crippen LogP contribution is -2.45. The van der Waals surface area contributed by atoms with Gasteiger partial charge in [0.1, 0.15) is 0 Å². The fourth-order valence-electron chi connectivity index (χ4n) is 2.96. The lowest BCUT2D eigenvalue weighted by molar-refractivity contribution is 0.0747. The van der Waals surface area contributed by atoms with E-state index < -0.39 is 15.9 Å². The quantitative estimate of drug-likeness (QED) is 0.790. The summed E-state index contributed by atoms with van der Waals surface area (Å²) in [7, 11) is -3.06. The molecule has 4 nitrogen and oxygen atoms in total. The van der Waals surface area contributed by atoms with Crippen LogP contribution in [0.3, 0.4) is 0 Å². The van der Waals surface area contributed by atoms with Crippen LogP contribution in [0.4, 0.5) is 0 Å². The molecule has 1 aromatic rings. The number of aliphatic hydroxyl groups is 1. The van der Waals surface area contributed by atoms with Gasteiger partial charge in [-0.15, -0.1) is 0 Å². The van der Waals surface area contributed by atoms with E-state index in [0.29, 0.717) is 0 Å². The fraction of sp³-hybridized carbons (Fsp3) is 0.538. The van der Waals surface area contributed by atoms with Crippen molar-refractivity contribution in [1.29, 1.82) is 0 Å². The van der Waals surface area contributed by atoms with Gasteiger partial charge < -0.3 is 5.11 Å². The first-order chi connectivity index (χ1) is 8.55. The molecule has 0 saturated carbocycles. The number of hydrogen-bond donors (Lipinski definition) is 1. The van der Waals surface area contributed by atoms with Gasteiger partial charge >= 0.3 is 0 Å². The third-order valence-corrected chi connectivity index (χ3v) is 5.62. The lowest BCUT2D eigenvalue weighted by atomic mass is 9.98. The first kappa shape index (κ1) is 12.1. The van der Waals surface area contributed by atoms with Gasteiger partial charge in [-0.2, -0.15) is 0 Å². The van der Waals surface area contributed by atoms with Crippen LogP contribution in [0.1, 0.15) is 11.1 Å². The minimum absolute atomic E-state index is 0.0875. The zero-order chi connectivity index (χ0) is 12.8. The maximum Gasteiger partial charge on any atom is 0.154 e. The molecule has 1 N–H and O–H groups in total. The molecule has 1 aromatic carbocycles. The Morgan fingerprint density at radius 1 is 1.17 bits per heavy atom. The molecule has 0 aliphatic carbocycles. The summed E-state index contributed by atoms with van der Waals surface area (Å²) in [6, 6.07) is 8.00. The average molecular weight is 267 g/mol. The van der Waals surface area contributed by atoms with Crippen LogP contribution in [-0.4, -0.2) is 48.6 Å². The van der Waals surface area contributed by atoms with Gasteiger partial charge in [-0.25, -0.2) is 8.42 Å². The highest BCUT2D eigenvalue weighted by molar-refractivity contribution is 7.91. The number of rotatable bonds is 1. The Bertz CT molecular complexity index is 555. The Morgan fingerprint density at radius 3 is 2.56 bits per heavy atom. The first-order valence-electron chi connectivity index (χ1n) is 6.24. The van der Waals surface area contributed by atoms with Crippen LogP contribution in [-0.2, 0) is 22.8 Å². The van der Waals surface area contributed by atoms with Gasteiger partial charge in [-0.05, 0) is 17.5 Å². The summed E-state index contributed by atoms with van der Waals surface area (Å²) in [6.07, 6.45) is 0.194. The van der Waals surface area contributed by atoms with Gasteiger partial charge in [0.25, 0.3) is 0 Å². The average Bonchev–Trinajstić information content (AvgIpc) is 2.62. The van der Waals surface area contributed by atoms with Crippen molar-refractivity contribution in [3.8, 4) is 0 Å². The maximum absolute atomic E-state index is 11.6. The molecule has 5 heteroatoms. The summed E-state index contributed by atoms with van der Waals surface area (Å²) in [4.78, 5) is 2.11. The van der Waals surface area contributed by atoms with E-state index in [0.717, 1.165) is 19.5 Å². The van der Waals surface area contributed by atoms with Crippen molar-refractivity contribution in [2.75, 3.05) is 18.1 Å². The van der Waals surface area contributed by atoms with E-state index in [2.05, 4.69) is 17.0 Å². The molecule has 2 atom stereocenters. The topological polar surface area (TPSA) is 57.6 Å². The molecule has 0 bridgehead atoms. The molecule has 2 heterocycles. The zero-order valence-electron chi connectivity index (χ0n) is 10.1. The van der Waals surface area contributed by atoms with Crippen molar-refractivity contribution < 1.29 is 13.5 Å². The van der Waals surface area contributed by atoms with Gasteiger partial charge in [0.15, 0.2) is 9.84 Å². The second kappa shape index (κ2) is 4.33. The summed E-state index contributed by atoms with van der Waals surface area (Å²) < 4.78 is 23.1. The molecule has 0 unspecified atom stereocenters. The predicted molar refractivity (Wildman–Crippen MR) is 69.0 cm³/mol. The fourth-order valence-corrected chi connectivity index (χ4v) is 4.79. The molecule has 3 rings (SSSR count). The Balaban J connectivity index is 1.81. The van der Waals surface area contributed by atoms with Gasteiger partial charge in [0, 0.05) is 13.1 Å². The number of hydrogen-bond acceptors (Lipinski definition) is 4. The number of aliphatic hydroxyl groups excluding tert-OH is 1. The highest BCUT2D eigenvalue weighted by atomic mass is 32.2. The van der Waals surface area contributed by atoms with E-state index in [1.165, 1.54) is 11.1 Å². The van der Waals surface area contributed by atoms with Crippen LogP contribution in [0, 0.1) is 0 Å². The van der Waals surface area contributed by atoms with E-state index >= 15 is 0 Å². The minimum atomic E-state index is -3.06. The lowest BCUT2D eigenvalue weighted by Gasteiger charge is -2.34. The van der Waals surface area contributed by atoms with E-state index in [9.17, 15) is 13.5 Å². The normalized spacial score (nSPS) is 31.2. The number of benzene rings is 1. The van der Waals surface area contributed by atoms with Crippen LogP contribution in [0.2, 0.25) is 0 Å². The van der Waals surface area contributed by atoms with Gasteiger partial charge in [-0.1, -0.05) is 24.3 Å². The number of nitrogens with zero attached hydrogens (tertiary/aromatic N) is 1. The molecule has 0 radical (unpaired) electrons. The molecule has 0 amide bonds. The highest BCUT2D eigenvalue weighted by Gasteiger charge is 2.40. The first-order valence-corrected chi connectivity index (χ1v) is 8.07. The second-order valence-electron chi connectivity index (χ2n) is 5.20. The second-order valence-corrected chi connectivity index (χ2v) is 7.35. The summed E-state index contributed by atoms with van der Waals surface area (Å²) in [5, 5.41) is 9.90. The molecule has 18 heavy (non-hydrogen) atoms. The van der Waals surface area contributed by atoms with Crippen molar-refractivity contribution >= 4 is 9.84 Å². The third kappa shape index (κ3) is 2.18. The third-order valence-electron chi connectivity index (χ3n) is 3.92. The van der Waals surface area contributed by atoms with Gasteiger partial charge in [0.2, 0.25) is 0 Å². The maximum atomic E-state index is 11.6. The SMILES string of the molecule is O=S1(=O)C[C@@H](O)[C@H](N2CCc3ccccc3C2)C1. The molecular weight excluding hydrogens is 250 g/mol. The summed E-state index contributed by atoms with van der Waals surface area (Å²) in [5.41, 5.74) is 2.59. The Labute approximate surface area is 107 Å². The van der Waals surface area contributed by atoms with Crippen LogP contribution in [0.25, 0.3) is 0 Å². The van der Waals surface area contributed by atoms with E-state index in [-0.39, 0.29) is 17.5 Å². The van der Waals surface area contributed by atoms with Crippen molar-refractivity contribution in [3.63, 3.8) is 0 Å². The van der Waals surface area contributed by atoms with Crippen LogP contribution in [0.5, 0.6) is 0 Å². The van der Waals surface area contributed by atoms with Crippen molar-refractivity contribution in [2.45, 2.75) is 25.1 Å². The monoisotopic (exact) mass is 267 g/mol. The highest BCUT2D eigenvalue weighted by Crippen LogP contribution is 2.25. The summed E-state index contributed by atoms with van der Waals surface area (Å²) in [6.45, 7) is 1.57. The molecule has 0 spiro atoms.